The maximum absolute atomic E-state index is 14.4. The molecule has 0 aliphatic rings. The number of hydrogen-bond donors (Lipinski definition) is 2. The number of fused-ring (bicyclic) bond motifs is 1. The van der Waals surface area contributed by atoms with Crippen LogP contribution in [0.15, 0.2) is 79.0 Å². The lowest BCUT2D eigenvalue weighted by atomic mass is 10.0. The highest BCUT2D eigenvalue weighted by atomic mass is 16.7. The summed E-state index contributed by atoms with van der Waals surface area (Å²) < 4.78 is 23.2. The summed E-state index contributed by atoms with van der Waals surface area (Å²) in [6.07, 6.45) is 0.637. The topological polar surface area (TPSA) is 115 Å². The second kappa shape index (κ2) is 16.1. The highest BCUT2D eigenvalue weighted by molar-refractivity contribution is 5.87. The minimum Gasteiger partial charge on any atom is -0.488 e. The van der Waals surface area contributed by atoms with E-state index in [1.165, 1.54) is 0 Å². The lowest BCUT2D eigenvalue weighted by Crippen LogP contribution is -2.51. The quantitative estimate of drug-likeness (QED) is 0.157. The summed E-state index contributed by atoms with van der Waals surface area (Å²) in [6.45, 7) is 11.0. The van der Waals surface area contributed by atoms with Crippen molar-refractivity contribution in [2.45, 2.75) is 72.1 Å². The largest absolute Gasteiger partial charge is 0.488 e. The van der Waals surface area contributed by atoms with Crippen molar-refractivity contribution in [2.24, 2.45) is 0 Å². The third kappa shape index (κ3) is 10.3. The molecule has 2 N–H and O–H groups in total. The maximum Gasteiger partial charge on any atom is 0.408 e. The standard InChI is InChI=1S/C35H44N4O6/c1-6-42-31(43-7-2)23-39(22-28-15-11-14-27-21-36-38-32(27)28)33(40)30(37-34(41)44-24-26-12-9-8-10-13-26)20-25-16-18-29(19-17-25)45-35(3,4)5/h8-19,21,30-31H,6-7,20,22-24H2,1-5H3,(H,36,38)(H,37,41)/t30-/m0/s1. The third-order valence-electron chi connectivity index (χ3n) is 6.90. The Hall–Kier alpha value is -4.41. The molecular weight excluding hydrogens is 572 g/mol. The second-order valence-corrected chi connectivity index (χ2v) is 11.6. The summed E-state index contributed by atoms with van der Waals surface area (Å²) in [5.74, 6) is 0.414. The Balaban J connectivity index is 1.61. The van der Waals surface area contributed by atoms with Gasteiger partial charge >= 0.3 is 6.09 Å². The van der Waals surface area contributed by atoms with Crippen LogP contribution in [-0.4, -0.2) is 64.8 Å². The molecule has 1 heterocycles. The van der Waals surface area contributed by atoms with E-state index in [4.69, 9.17) is 18.9 Å². The molecule has 0 spiro atoms. The third-order valence-corrected chi connectivity index (χ3v) is 6.90. The van der Waals surface area contributed by atoms with E-state index in [2.05, 4.69) is 15.5 Å². The minimum atomic E-state index is -0.937. The van der Waals surface area contributed by atoms with E-state index in [1.807, 2.05) is 107 Å². The van der Waals surface area contributed by atoms with E-state index in [1.54, 1.807) is 11.1 Å². The van der Waals surface area contributed by atoms with Crippen LogP contribution in [0.1, 0.15) is 51.3 Å². The molecule has 1 aromatic heterocycles. The van der Waals surface area contributed by atoms with Gasteiger partial charge in [-0.2, -0.15) is 5.10 Å². The molecule has 10 heteroatoms. The predicted octanol–water partition coefficient (Wildman–Crippen LogP) is 6.01. The number of H-pyrrole nitrogens is 1. The molecule has 4 aromatic rings. The molecule has 0 unspecified atom stereocenters. The number of rotatable bonds is 15. The average Bonchev–Trinajstić information content (AvgIpc) is 3.50. The highest BCUT2D eigenvalue weighted by Crippen LogP contribution is 2.22. The fourth-order valence-electron chi connectivity index (χ4n) is 4.92. The van der Waals surface area contributed by atoms with Crippen molar-refractivity contribution in [1.29, 1.82) is 0 Å². The second-order valence-electron chi connectivity index (χ2n) is 11.6. The van der Waals surface area contributed by atoms with Gasteiger partial charge in [-0.05, 0) is 63.4 Å². The number of alkyl carbamates (subject to hydrolysis) is 1. The van der Waals surface area contributed by atoms with Crippen LogP contribution < -0.4 is 10.1 Å². The molecule has 0 aliphatic carbocycles. The fraction of sp³-hybridized carbons (Fsp3) is 0.400. The molecule has 45 heavy (non-hydrogen) atoms. The number of aromatic nitrogens is 2. The lowest BCUT2D eigenvalue weighted by molar-refractivity contribution is -0.160. The first-order valence-electron chi connectivity index (χ1n) is 15.3. The number of para-hydroxylation sites is 1. The van der Waals surface area contributed by atoms with Crippen LogP contribution >= 0.6 is 0 Å². The van der Waals surface area contributed by atoms with Crippen LogP contribution in [0.2, 0.25) is 0 Å². The molecule has 0 radical (unpaired) electrons. The molecule has 4 rings (SSSR count). The summed E-state index contributed by atoms with van der Waals surface area (Å²) >= 11 is 0. The molecule has 1 atom stereocenters. The zero-order chi connectivity index (χ0) is 32.2. The van der Waals surface area contributed by atoms with Crippen molar-refractivity contribution in [3.63, 3.8) is 0 Å². The predicted molar refractivity (Wildman–Crippen MR) is 173 cm³/mol. The summed E-state index contributed by atoms with van der Waals surface area (Å²) in [5, 5.41) is 11.0. The number of nitrogens with one attached hydrogen (secondary N) is 2. The summed E-state index contributed by atoms with van der Waals surface area (Å²) in [5.41, 5.74) is 3.05. The first-order chi connectivity index (χ1) is 21.6. The van der Waals surface area contributed by atoms with Gasteiger partial charge in [-0.3, -0.25) is 9.89 Å². The number of aromatic amines is 1. The number of ether oxygens (including phenoxy) is 4. The molecule has 0 saturated carbocycles. The van der Waals surface area contributed by atoms with Gasteiger partial charge in [0.25, 0.3) is 0 Å². The van der Waals surface area contributed by atoms with Gasteiger partial charge < -0.3 is 29.2 Å². The SMILES string of the molecule is CCOC(CN(Cc1cccc2cn[nH]c12)C(=O)[C@H](Cc1ccc(OC(C)(C)C)cc1)NC(=O)OCc1ccccc1)OCC. The molecule has 10 nitrogen and oxygen atoms in total. The number of nitrogens with zero attached hydrogens (tertiary/aromatic N) is 2. The Labute approximate surface area is 265 Å². The Kier molecular flexibility index (Phi) is 11.9. The molecule has 240 valence electrons. The Morgan fingerprint density at radius 3 is 2.29 bits per heavy atom. The number of hydrogen-bond acceptors (Lipinski definition) is 7. The Morgan fingerprint density at radius 1 is 0.911 bits per heavy atom. The van der Waals surface area contributed by atoms with Gasteiger partial charge in [0.15, 0.2) is 6.29 Å². The van der Waals surface area contributed by atoms with Gasteiger partial charge in [-0.1, -0.05) is 60.7 Å². The summed E-state index contributed by atoms with van der Waals surface area (Å²) in [7, 11) is 0. The van der Waals surface area contributed by atoms with Crippen LogP contribution in [0.3, 0.4) is 0 Å². The maximum atomic E-state index is 14.4. The van der Waals surface area contributed by atoms with Crippen LogP contribution in [-0.2, 0) is 38.6 Å². The smallest absolute Gasteiger partial charge is 0.408 e. The number of amides is 2. The van der Waals surface area contributed by atoms with Crippen LogP contribution in [0, 0.1) is 0 Å². The van der Waals surface area contributed by atoms with E-state index < -0.39 is 18.4 Å². The van der Waals surface area contributed by atoms with Crippen molar-refractivity contribution >= 4 is 22.9 Å². The number of carbonyl (C=O) groups is 2. The van der Waals surface area contributed by atoms with E-state index >= 15 is 0 Å². The van der Waals surface area contributed by atoms with Crippen LogP contribution in [0.5, 0.6) is 5.75 Å². The van der Waals surface area contributed by atoms with Crippen molar-refractivity contribution in [2.75, 3.05) is 19.8 Å². The van der Waals surface area contributed by atoms with E-state index in [9.17, 15) is 9.59 Å². The van der Waals surface area contributed by atoms with E-state index in [0.29, 0.717) is 13.2 Å². The summed E-state index contributed by atoms with van der Waals surface area (Å²) in [4.78, 5) is 29.2. The highest BCUT2D eigenvalue weighted by Gasteiger charge is 2.30. The van der Waals surface area contributed by atoms with Crippen molar-refractivity contribution < 1.29 is 28.5 Å². The van der Waals surface area contributed by atoms with Gasteiger partial charge in [-0.15, -0.1) is 0 Å². The zero-order valence-corrected chi connectivity index (χ0v) is 26.7. The van der Waals surface area contributed by atoms with E-state index in [0.717, 1.165) is 33.3 Å². The molecule has 2 amide bonds. The first-order valence-corrected chi connectivity index (χ1v) is 15.3. The average molecular weight is 617 g/mol. The van der Waals surface area contributed by atoms with Crippen molar-refractivity contribution in [1.82, 2.24) is 20.4 Å². The van der Waals surface area contributed by atoms with Gasteiger partial charge in [0.05, 0.1) is 18.3 Å². The van der Waals surface area contributed by atoms with Crippen molar-refractivity contribution in [3.8, 4) is 5.75 Å². The Bertz CT molecular complexity index is 1490. The molecule has 0 fully saturated rings. The molecule has 0 bridgehead atoms. The van der Waals surface area contributed by atoms with Crippen LogP contribution in [0.4, 0.5) is 4.79 Å². The van der Waals surface area contributed by atoms with Gasteiger partial charge in [0.1, 0.15) is 24.0 Å². The normalized spacial score (nSPS) is 12.2. The summed E-state index contributed by atoms with van der Waals surface area (Å²) in [6, 6.07) is 21.8. The number of carbonyl (C=O) groups excluding carboxylic acids is 2. The lowest BCUT2D eigenvalue weighted by Gasteiger charge is -2.31. The molecule has 0 saturated heterocycles. The monoisotopic (exact) mass is 616 g/mol. The minimum absolute atomic E-state index is 0.0781. The Morgan fingerprint density at radius 2 is 1.62 bits per heavy atom. The first kappa shape index (κ1) is 33.5. The van der Waals surface area contributed by atoms with Crippen LogP contribution in [0.25, 0.3) is 10.9 Å². The number of benzene rings is 3. The van der Waals surface area contributed by atoms with Gasteiger partial charge in [0, 0.05) is 31.6 Å². The molecule has 0 aliphatic heterocycles. The van der Waals surface area contributed by atoms with Gasteiger partial charge in [-0.25, -0.2) is 4.79 Å². The molecule has 3 aromatic carbocycles. The van der Waals surface area contributed by atoms with E-state index in [-0.39, 0.29) is 37.6 Å². The van der Waals surface area contributed by atoms with Crippen molar-refractivity contribution in [3.05, 3.63) is 95.7 Å². The zero-order valence-electron chi connectivity index (χ0n) is 26.7. The molecular formula is C35H44N4O6. The fourth-order valence-corrected chi connectivity index (χ4v) is 4.92. The van der Waals surface area contributed by atoms with Gasteiger partial charge in [0.2, 0.25) is 5.91 Å².